The Hall–Kier alpha value is -3.21. The molecule has 1 aliphatic heterocycles. The van der Waals surface area contributed by atoms with Crippen molar-refractivity contribution in [2.24, 2.45) is 0 Å². The number of alkyl halides is 4. The van der Waals surface area contributed by atoms with Crippen LogP contribution in [0.2, 0.25) is 0 Å². The molecular weight excluding hydrogens is 556 g/mol. The molecule has 0 aliphatic carbocycles. The Morgan fingerprint density at radius 2 is 2.10 bits per heavy atom. The molecule has 1 fully saturated rings. The summed E-state index contributed by atoms with van der Waals surface area (Å²) in [6.07, 6.45) is -0.0453. The summed E-state index contributed by atoms with van der Waals surface area (Å²) < 4.78 is 67.1. The van der Waals surface area contributed by atoms with Crippen molar-refractivity contribution in [3.8, 4) is 23.3 Å². The van der Waals surface area contributed by atoms with Gasteiger partial charge in [0.25, 0.3) is 5.91 Å². The number of piperidine rings is 1. The van der Waals surface area contributed by atoms with E-state index in [4.69, 9.17) is 9.47 Å². The van der Waals surface area contributed by atoms with E-state index in [0.29, 0.717) is 40.2 Å². The lowest BCUT2D eigenvalue weighted by Crippen LogP contribution is -2.45. The number of carbonyl (C=O) groups is 1. The normalized spacial score (nSPS) is 17.8. The first-order valence-corrected chi connectivity index (χ1v) is 13.5. The van der Waals surface area contributed by atoms with E-state index in [-0.39, 0.29) is 46.3 Å². The number of thiophene rings is 1. The lowest BCUT2D eigenvalue weighted by Gasteiger charge is -2.32. The van der Waals surface area contributed by atoms with E-state index in [1.807, 2.05) is 11.9 Å². The molecule has 208 valence electrons. The molecule has 0 radical (unpaired) electrons. The first-order chi connectivity index (χ1) is 18.6. The van der Waals surface area contributed by atoms with E-state index >= 15 is 0 Å². The number of halogens is 4. The largest absolute Gasteiger partial charge is 0.486 e. The zero-order valence-corrected chi connectivity index (χ0v) is 23.0. The number of aromatic nitrogens is 1. The van der Waals surface area contributed by atoms with Gasteiger partial charge in [-0.1, -0.05) is 24.0 Å². The van der Waals surface area contributed by atoms with E-state index in [2.05, 4.69) is 27.5 Å². The minimum Gasteiger partial charge on any atom is -0.486 e. The molecule has 7 nitrogen and oxygen atoms in total. The third-order valence-corrected chi connectivity index (χ3v) is 8.04. The van der Waals surface area contributed by atoms with E-state index in [9.17, 15) is 22.4 Å². The smallest absolute Gasteiger partial charge is 0.446 e. The van der Waals surface area contributed by atoms with Crippen molar-refractivity contribution in [2.75, 3.05) is 46.2 Å². The van der Waals surface area contributed by atoms with Crippen molar-refractivity contribution < 1.29 is 31.8 Å². The van der Waals surface area contributed by atoms with Crippen molar-refractivity contribution in [1.82, 2.24) is 15.2 Å². The van der Waals surface area contributed by atoms with Crippen molar-refractivity contribution in [3.63, 3.8) is 0 Å². The van der Waals surface area contributed by atoms with Crippen molar-refractivity contribution in [1.29, 1.82) is 0 Å². The number of hydrogen-bond acceptors (Lipinski definition) is 8. The van der Waals surface area contributed by atoms with Gasteiger partial charge >= 0.3 is 5.51 Å². The van der Waals surface area contributed by atoms with Crippen molar-refractivity contribution in [3.05, 3.63) is 41.0 Å². The number of benzene rings is 1. The quantitative estimate of drug-likeness (QED) is 0.227. The summed E-state index contributed by atoms with van der Waals surface area (Å²) in [5.74, 6) is 5.87. The van der Waals surface area contributed by atoms with Gasteiger partial charge in [0.15, 0.2) is 5.75 Å². The third-order valence-electron chi connectivity index (χ3n) is 5.91. The number of pyridine rings is 1. The number of carbonyl (C=O) groups excluding carboxylic acids is 1. The molecule has 1 aliphatic rings. The number of anilines is 1. The number of thioether (sulfide) groups is 1. The van der Waals surface area contributed by atoms with Crippen molar-refractivity contribution >= 4 is 44.8 Å². The highest BCUT2D eigenvalue weighted by Gasteiger charge is 2.34. The fourth-order valence-corrected chi connectivity index (χ4v) is 6.03. The van der Waals surface area contributed by atoms with E-state index in [0.717, 1.165) is 11.3 Å². The molecule has 39 heavy (non-hydrogen) atoms. The topological polar surface area (TPSA) is 75.7 Å². The number of nitrogens with zero attached hydrogens (tertiary/aromatic N) is 2. The molecule has 0 bridgehead atoms. The van der Waals surface area contributed by atoms with Gasteiger partial charge in [0, 0.05) is 32.6 Å². The molecule has 3 aromatic rings. The maximum absolute atomic E-state index is 14.6. The Labute approximate surface area is 231 Å². The number of likely N-dealkylation sites (tertiary alicyclic amines) is 1. The van der Waals surface area contributed by atoms with Crippen LogP contribution in [0.15, 0.2) is 35.4 Å². The summed E-state index contributed by atoms with van der Waals surface area (Å²) in [6.45, 7) is 0.759. The second kappa shape index (κ2) is 12.3. The number of nitrogens with one attached hydrogen (secondary N) is 2. The summed E-state index contributed by atoms with van der Waals surface area (Å²) in [7, 11) is 4.97. The van der Waals surface area contributed by atoms with Crippen LogP contribution in [0, 0.1) is 11.8 Å². The van der Waals surface area contributed by atoms with Gasteiger partial charge < -0.3 is 25.0 Å². The Balaban J connectivity index is 1.59. The number of amides is 1. The zero-order chi connectivity index (χ0) is 28.2. The van der Waals surface area contributed by atoms with Gasteiger partial charge in [0.2, 0.25) is 0 Å². The maximum atomic E-state index is 14.6. The molecule has 2 aromatic heterocycles. The SMILES string of the molecule is CNC(=O)c1cc(NC)c(OCC#Cc2sc3c(O[C@@H]4CCN(C)C[C@@H]4F)cccc3c2SC(F)(F)F)cn1. The Bertz CT molecular complexity index is 1400. The summed E-state index contributed by atoms with van der Waals surface area (Å²) >= 11 is 0.825. The fraction of sp³-hybridized carbons (Fsp3) is 0.385. The number of hydrogen-bond donors (Lipinski definition) is 2. The lowest BCUT2D eigenvalue weighted by molar-refractivity contribution is -0.0327. The molecule has 0 saturated carbocycles. The van der Waals surface area contributed by atoms with Gasteiger partial charge in [-0.3, -0.25) is 4.79 Å². The van der Waals surface area contributed by atoms with Crippen LogP contribution in [-0.4, -0.2) is 74.4 Å². The van der Waals surface area contributed by atoms with Crippen LogP contribution >= 0.6 is 23.1 Å². The lowest BCUT2D eigenvalue weighted by atomic mass is 10.1. The predicted octanol–water partition coefficient (Wildman–Crippen LogP) is 5.16. The highest BCUT2D eigenvalue weighted by molar-refractivity contribution is 8.00. The van der Waals surface area contributed by atoms with Crippen molar-refractivity contribution in [2.45, 2.75) is 29.1 Å². The molecule has 1 amide bonds. The van der Waals surface area contributed by atoms with Gasteiger partial charge in [-0.2, -0.15) is 13.2 Å². The minimum atomic E-state index is -4.53. The molecule has 3 heterocycles. The third kappa shape index (κ3) is 7.06. The average Bonchev–Trinajstić information content (AvgIpc) is 3.24. The van der Waals surface area contributed by atoms with E-state index in [1.54, 1.807) is 25.2 Å². The number of ether oxygens (including phenoxy) is 2. The van der Waals surface area contributed by atoms with Crippen LogP contribution in [0.5, 0.6) is 11.5 Å². The number of rotatable bonds is 7. The predicted molar refractivity (Wildman–Crippen MR) is 145 cm³/mol. The summed E-state index contributed by atoms with van der Waals surface area (Å²) in [4.78, 5) is 17.9. The fourth-order valence-electron chi connectivity index (χ4n) is 4.03. The second-order valence-corrected chi connectivity index (χ2v) is 10.7. The number of fused-ring (bicyclic) bond motifs is 1. The molecule has 0 spiro atoms. The van der Waals surface area contributed by atoms with Gasteiger partial charge in [-0.15, -0.1) is 11.3 Å². The first-order valence-electron chi connectivity index (χ1n) is 11.9. The summed E-state index contributed by atoms with van der Waals surface area (Å²) in [5.41, 5.74) is -3.84. The van der Waals surface area contributed by atoms with Crippen LogP contribution in [-0.2, 0) is 0 Å². The Morgan fingerprint density at radius 1 is 1.31 bits per heavy atom. The summed E-state index contributed by atoms with van der Waals surface area (Å²) in [6, 6.07) is 6.33. The maximum Gasteiger partial charge on any atom is 0.446 e. The molecule has 1 aromatic carbocycles. The van der Waals surface area contributed by atoms with Gasteiger partial charge in [-0.25, -0.2) is 9.37 Å². The highest BCUT2D eigenvalue weighted by atomic mass is 32.2. The molecule has 1 saturated heterocycles. The molecule has 13 heteroatoms. The molecule has 4 rings (SSSR count). The van der Waals surface area contributed by atoms with Crippen LogP contribution in [0.25, 0.3) is 10.1 Å². The van der Waals surface area contributed by atoms with E-state index in [1.165, 1.54) is 19.3 Å². The van der Waals surface area contributed by atoms with E-state index < -0.39 is 17.8 Å². The van der Waals surface area contributed by atoms with Crippen LogP contribution in [0.4, 0.5) is 23.2 Å². The molecule has 2 atom stereocenters. The Kier molecular flexibility index (Phi) is 9.09. The summed E-state index contributed by atoms with van der Waals surface area (Å²) in [5, 5.41) is 5.74. The highest BCUT2D eigenvalue weighted by Crippen LogP contribution is 2.48. The first kappa shape index (κ1) is 28.8. The minimum absolute atomic E-state index is 0.0341. The standard InChI is InChI=1S/C26H26F4N4O3S2/c1-31-17-12-18(25(35)32-2)33-13-21(17)36-11-5-8-22-24(39-26(28,29)30)15-6-4-7-20(23(15)38-22)37-19-9-10-34(3)14-16(19)27/h4,6-7,12-13,16,19H,9-11,14H2,1-3H3,(H,31,33)(H,32,35)/t16-,19+/m0/s1. The molecule has 0 unspecified atom stereocenters. The van der Waals surface area contributed by atoms with Gasteiger partial charge in [0.1, 0.15) is 30.3 Å². The van der Waals surface area contributed by atoms with Crippen LogP contribution in [0.3, 0.4) is 0 Å². The van der Waals surface area contributed by atoms with Crippen LogP contribution < -0.4 is 20.1 Å². The monoisotopic (exact) mass is 582 g/mol. The average molecular weight is 583 g/mol. The molecule has 2 N–H and O–H groups in total. The molecular formula is C26H26F4N4O3S2. The Morgan fingerprint density at radius 3 is 2.79 bits per heavy atom. The second-order valence-electron chi connectivity index (χ2n) is 8.65. The van der Waals surface area contributed by atoms with Gasteiger partial charge in [0.05, 0.1) is 26.4 Å². The van der Waals surface area contributed by atoms with Crippen LogP contribution in [0.1, 0.15) is 21.8 Å². The van der Waals surface area contributed by atoms with Gasteiger partial charge in [-0.05, 0) is 37.4 Å². The zero-order valence-electron chi connectivity index (χ0n) is 21.3.